The van der Waals surface area contributed by atoms with E-state index in [0.29, 0.717) is 19.7 Å². The van der Waals surface area contributed by atoms with E-state index in [2.05, 4.69) is 27.8 Å². The third-order valence-corrected chi connectivity index (χ3v) is 3.73. The molecule has 0 aliphatic heterocycles. The van der Waals surface area contributed by atoms with Gasteiger partial charge in [0.15, 0.2) is 5.96 Å². The largest absolute Gasteiger partial charge is 0.496 e. The highest BCUT2D eigenvalue weighted by molar-refractivity contribution is 5.79. The highest BCUT2D eigenvalue weighted by Gasteiger charge is 2.05. The molecule has 0 unspecified atom stereocenters. The third-order valence-electron chi connectivity index (χ3n) is 3.73. The molecule has 5 nitrogen and oxygen atoms in total. The van der Waals surface area contributed by atoms with Gasteiger partial charge in [0.2, 0.25) is 0 Å². The molecule has 2 rings (SSSR count). The number of methoxy groups -OCH3 is 2. The van der Waals surface area contributed by atoms with E-state index in [1.807, 2.05) is 36.4 Å². The van der Waals surface area contributed by atoms with Crippen molar-refractivity contribution in [2.45, 2.75) is 19.7 Å². The smallest absolute Gasteiger partial charge is 0.191 e. The second-order valence-electron chi connectivity index (χ2n) is 5.29. The lowest BCUT2D eigenvalue weighted by Crippen LogP contribution is -2.36. The number of hydrogen-bond donors (Lipinski definition) is 2. The first-order valence-corrected chi connectivity index (χ1v) is 7.90. The SMILES string of the molecule is CN=C(NCc1ccccc1COC)NCc1ccccc1OC. The van der Waals surface area contributed by atoms with Crippen molar-refractivity contribution < 1.29 is 9.47 Å². The van der Waals surface area contributed by atoms with Crippen LogP contribution in [-0.4, -0.2) is 27.2 Å². The Morgan fingerprint density at radius 2 is 1.46 bits per heavy atom. The van der Waals surface area contributed by atoms with Crippen molar-refractivity contribution in [3.8, 4) is 5.75 Å². The van der Waals surface area contributed by atoms with Crippen LogP contribution >= 0.6 is 0 Å². The second-order valence-corrected chi connectivity index (χ2v) is 5.29. The number of ether oxygens (including phenoxy) is 2. The van der Waals surface area contributed by atoms with E-state index < -0.39 is 0 Å². The summed E-state index contributed by atoms with van der Waals surface area (Å²) in [5, 5.41) is 6.64. The zero-order chi connectivity index (χ0) is 17.2. The zero-order valence-electron chi connectivity index (χ0n) is 14.5. The molecule has 2 aromatic rings. The summed E-state index contributed by atoms with van der Waals surface area (Å²) >= 11 is 0. The number of hydrogen-bond acceptors (Lipinski definition) is 3. The first-order valence-electron chi connectivity index (χ1n) is 7.90. The molecule has 0 heterocycles. The molecule has 0 aliphatic carbocycles. The Hall–Kier alpha value is -2.53. The summed E-state index contributed by atoms with van der Waals surface area (Å²) < 4.78 is 10.6. The zero-order valence-corrected chi connectivity index (χ0v) is 14.5. The number of nitrogens with zero attached hydrogens (tertiary/aromatic N) is 1. The van der Waals surface area contributed by atoms with E-state index in [-0.39, 0.29) is 0 Å². The number of benzene rings is 2. The molecule has 0 saturated carbocycles. The Morgan fingerprint density at radius 1 is 0.875 bits per heavy atom. The summed E-state index contributed by atoms with van der Waals surface area (Å²) in [5.74, 6) is 1.61. The minimum atomic E-state index is 0.602. The molecular formula is C19H25N3O2. The fourth-order valence-electron chi connectivity index (χ4n) is 2.45. The van der Waals surface area contributed by atoms with Crippen molar-refractivity contribution in [2.75, 3.05) is 21.3 Å². The molecule has 128 valence electrons. The van der Waals surface area contributed by atoms with Crippen molar-refractivity contribution >= 4 is 5.96 Å². The monoisotopic (exact) mass is 327 g/mol. The average molecular weight is 327 g/mol. The Bertz CT molecular complexity index is 671. The van der Waals surface area contributed by atoms with Crippen LogP contribution in [0.1, 0.15) is 16.7 Å². The van der Waals surface area contributed by atoms with E-state index in [1.165, 1.54) is 11.1 Å². The lowest BCUT2D eigenvalue weighted by atomic mass is 10.1. The van der Waals surface area contributed by atoms with Crippen LogP contribution in [0.5, 0.6) is 5.75 Å². The van der Waals surface area contributed by atoms with Gasteiger partial charge in [0.05, 0.1) is 13.7 Å². The molecular weight excluding hydrogens is 302 g/mol. The molecule has 0 atom stereocenters. The second kappa shape index (κ2) is 9.57. The summed E-state index contributed by atoms with van der Waals surface area (Å²) in [6, 6.07) is 16.2. The number of rotatable bonds is 7. The van der Waals surface area contributed by atoms with Gasteiger partial charge in [-0.25, -0.2) is 0 Å². The van der Waals surface area contributed by atoms with E-state index >= 15 is 0 Å². The maximum atomic E-state index is 5.37. The van der Waals surface area contributed by atoms with Gasteiger partial charge in [0.1, 0.15) is 5.75 Å². The third kappa shape index (κ3) is 4.99. The van der Waals surface area contributed by atoms with Crippen molar-refractivity contribution in [2.24, 2.45) is 4.99 Å². The van der Waals surface area contributed by atoms with Crippen LogP contribution in [0, 0.1) is 0 Å². The van der Waals surface area contributed by atoms with Crippen molar-refractivity contribution in [1.29, 1.82) is 0 Å². The molecule has 2 N–H and O–H groups in total. The van der Waals surface area contributed by atoms with Gasteiger partial charge < -0.3 is 20.1 Å². The van der Waals surface area contributed by atoms with Gasteiger partial charge in [-0.1, -0.05) is 42.5 Å². The lowest BCUT2D eigenvalue weighted by Gasteiger charge is -2.15. The van der Waals surface area contributed by atoms with Crippen LogP contribution in [0.3, 0.4) is 0 Å². The van der Waals surface area contributed by atoms with Crippen LogP contribution in [-0.2, 0) is 24.4 Å². The summed E-state index contributed by atoms with van der Waals surface area (Å²) in [6.07, 6.45) is 0. The maximum Gasteiger partial charge on any atom is 0.191 e. The molecule has 5 heteroatoms. The summed E-state index contributed by atoms with van der Waals surface area (Å²) in [6.45, 7) is 1.93. The summed E-state index contributed by atoms with van der Waals surface area (Å²) in [5.41, 5.74) is 3.45. The molecule has 0 radical (unpaired) electrons. The molecule has 0 aliphatic rings. The van der Waals surface area contributed by atoms with Gasteiger partial charge in [-0.2, -0.15) is 0 Å². The van der Waals surface area contributed by atoms with Crippen LogP contribution in [0.15, 0.2) is 53.5 Å². The quantitative estimate of drug-likeness (QED) is 0.606. The Kier molecular flexibility index (Phi) is 7.11. The number of para-hydroxylation sites is 1. The van der Waals surface area contributed by atoms with Gasteiger partial charge in [0, 0.05) is 32.8 Å². The van der Waals surface area contributed by atoms with Crippen molar-refractivity contribution in [3.63, 3.8) is 0 Å². The van der Waals surface area contributed by atoms with Gasteiger partial charge in [-0.3, -0.25) is 4.99 Å². The minimum Gasteiger partial charge on any atom is -0.496 e. The van der Waals surface area contributed by atoms with Gasteiger partial charge in [-0.15, -0.1) is 0 Å². The number of aliphatic imine (C=N–C) groups is 1. The fraction of sp³-hybridized carbons (Fsp3) is 0.316. The first kappa shape index (κ1) is 17.8. The first-order chi connectivity index (χ1) is 11.8. The fourth-order valence-corrected chi connectivity index (χ4v) is 2.45. The van der Waals surface area contributed by atoms with Crippen LogP contribution < -0.4 is 15.4 Å². The normalized spacial score (nSPS) is 11.2. The maximum absolute atomic E-state index is 5.37. The average Bonchev–Trinajstić information content (AvgIpc) is 2.63. The highest BCUT2D eigenvalue weighted by Crippen LogP contribution is 2.16. The van der Waals surface area contributed by atoms with Crippen molar-refractivity contribution in [3.05, 3.63) is 65.2 Å². The van der Waals surface area contributed by atoms with Gasteiger partial charge >= 0.3 is 0 Å². The molecule has 24 heavy (non-hydrogen) atoms. The van der Waals surface area contributed by atoms with Gasteiger partial charge in [0.25, 0.3) is 0 Å². The predicted octanol–water partition coefficient (Wildman–Crippen LogP) is 2.71. The molecule has 0 aromatic heterocycles. The molecule has 0 amide bonds. The van der Waals surface area contributed by atoms with E-state index in [4.69, 9.17) is 9.47 Å². The van der Waals surface area contributed by atoms with Gasteiger partial charge in [-0.05, 0) is 17.2 Å². The highest BCUT2D eigenvalue weighted by atomic mass is 16.5. The lowest BCUT2D eigenvalue weighted by molar-refractivity contribution is 0.184. The van der Waals surface area contributed by atoms with E-state index in [9.17, 15) is 0 Å². The molecule has 0 fully saturated rings. The standard InChI is InChI=1S/C19H25N3O2/c1-20-19(22-13-16-9-6-7-11-18(16)24-3)21-12-15-8-4-5-10-17(15)14-23-2/h4-11H,12-14H2,1-3H3,(H2,20,21,22). The molecule has 0 spiro atoms. The molecule has 0 saturated heterocycles. The summed E-state index contributed by atoms with van der Waals surface area (Å²) in [4.78, 5) is 4.27. The topological polar surface area (TPSA) is 54.9 Å². The van der Waals surface area contributed by atoms with Crippen molar-refractivity contribution in [1.82, 2.24) is 10.6 Å². The Morgan fingerprint density at radius 3 is 2.08 bits per heavy atom. The Labute approximate surface area is 143 Å². The van der Waals surface area contributed by atoms with Crippen LogP contribution in [0.2, 0.25) is 0 Å². The Balaban J connectivity index is 1.94. The molecule has 2 aromatic carbocycles. The minimum absolute atomic E-state index is 0.602. The predicted molar refractivity (Wildman–Crippen MR) is 97.2 cm³/mol. The summed E-state index contributed by atoms with van der Waals surface area (Å²) in [7, 11) is 5.15. The van der Waals surface area contributed by atoms with E-state index in [0.717, 1.165) is 17.3 Å². The van der Waals surface area contributed by atoms with Crippen LogP contribution in [0.25, 0.3) is 0 Å². The van der Waals surface area contributed by atoms with E-state index in [1.54, 1.807) is 21.3 Å². The number of nitrogens with one attached hydrogen (secondary N) is 2. The van der Waals surface area contributed by atoms with Crippen LogP contribution in [0.4, 0.5) is 0 Å². The molecule has 0 bridgehead atoms. The number of guanidine groups is 1.